The van der Waals surface area contributed by atoms with Gasteiger partial charge in [-0.3, -0.25) is 9.59 Å². The van der Waals surface area contributed by atoms with Crippen LogP contribution < -0.4 is 5.32 Å². The molecule has 0 spiro atoms. The third kappa shape index (κ3) is 3.95. The van der Waals surface area contributed by atoms with E-state index < -0.39 is 33.5 Å². The topological polar surface area (TPSA) is 101 Å². The van der Waals surface area contributed by atoms with Crippen molar-refractivity contribution in [2.75, 3.05) is 12.3 Å². The highest BCUT2D eigenvalue weighted by Crippen LogP contribution is 2.38. The van der Waals surface area contributed by atoms with Crippen LogP contribution in [0.5, 0.6) is 0 Å². The third-order valence-corrected chi connectivity index (χ3v) is 5.27. The Labute approximate surface area is 127 Å². The van der Waals surface area contributed by atoms with Crippen molar-refractivity contribution in [2.24, 2.45) is 11.8 Å². The number of hydrogen-bond acceptors (Lipinski definition) is 4. The molecule has 1 aliphatic rings. The quantitative estimate of drug-likeness (QED) is 0.808. The average Bonchev–Trinajstić information content (AvgIpc) is 3.19. The number of amides is 1. The Morgan fingerprint density at radius 2 is 1.86 bits per heavy atom. The molecular weight excluding hydrogens is 318 g/mol. The van der Waals surface area contributed by atoms with Gasteiger partial charge in [0.25, 0.3) is 0 Å². The molecule has 6 nitrogen and oxygen atoms in total. The second kappa shape index (κ2) is 6.03. The standard InChI is InChI=1S/C13H14ClNO5S/c14-8-1-3-9(4-2-8)21(19,20)6-5-15-12(16)10-7-11(10)13(17)18/h1-4,10-11H,5-7H2,(H,15,16)(H,17,18)/t10-,11-/m1/s1. The van der Waals surface area contributed by atoms with Crippen molar-refractivity contribution in [3.63, 3.8) is 0 Å². The van der Waals surface area contributed by atoms with Crippen molar-refractivity contribution >= 4 is 33.3 Å². The van der Waals surface area contributed by atoms with Gasteiger partial charge in [0.05, 0.1) is 22.5 Å². The molecule has 2 atom stereocenters. The number of sulfone groups is 1. The van der Waals surface area contributed by atoms with Crippen LogP contribution >= 0.6 is 11.6 Å². The molecule has 1 aromatic carbocycles. The minimum atomic E-state index is -3.50. The number of rotatable bonds is 6. The van der Waals surface area contributed by atoms with E-state index in [0.29, 0.717) is 11.4 Å². The Bertz CT molecular complexity index is 656. The summed E-state index contributed by atoms with van der Waals surface area (Å²) in [6, 6.07) is 5.77. The molecule has 0 aromatic heterocycles. The molecule has 2 rings (SSSR count). The van der Waals surface area contributed by atoms with Gasteiger partial charge in [-0.15, -0.1) is 0 Å². The first-order valence-electron chi connectivity index (χ1n) is 6.30. The molecule has 114 valence electrons. The number of carboxylic acid groups (broad SMARTS) is 1. The maximum absolute atomic E-state index is 12.0. The number of carboxylic acids is 1. The van der Waals surface area contributed by atoms with Gasteiger partial charge in [-0.25, -0.2) is 8.42 Å². The Kier molecular flexibility index (Phi) is 4.53. The molecule has 1 saturated carbocycles. The molecule has 0 aliphatic heterocycles. The van der Waals surface area contributed by atoms with Crippen LogP contribution in [0.25, 0.3) is 0 Å². The van der Waals surface area contributed by atoms with Crippen molar-refractivity contribution in [1.82, 2.24) is 5.32 Å². The van der Waals surface area contributed by atoms with E-state index >= 15 is 0 Å². The first-order valence-corrected chi connectivity index (χ1v) is 8.33. The van der Waals surface area contributed by atoms with Gasteiger partial charge in [0.1, 0.15) is 0 Å². The van der Waals surface area contributed by atoms with Gasteiger partial charge in [-0.2, -0.15) is 0 Å². The highest BCUT2D eigenvalue weighted by molar-refractivity contribution is 7.91. The highest BCUT2D eigenvalue weighted by Gasteiger charge is 2.48. The summed E-state index contributed by atoms with van der Waals surface area (Å²) in [6.45, 7) is -0.0490. The summed E-state index contributed by atoms with van der Waals surface area (Å²) in [5, 5.41) is 11.6. The number of carbonyl (C=O) groups excluding carboxylic acids is 1. The van der Waals surface area contributed by atoms with Gasteiger partial charge in [0.2, 0.25) is 5.91 Å². The van der Waals surface area contributed by atoms with Crippen LogP contribution in [0.1, 0.15) is 6.42 Å². The van der Waals surface area contributed by atoms with Crippen LogP contribution in [0.2, 0.25) is 5.02 Å². The van der Waals surface area contributed by atoms with E-state index in [1.165, 1.54) is 24.3 Å². The summed E-state index contributed by atoms with van der Waals surface area (Å²) in [5.41, 5.74) is 0. The fourth-order valence-corrected chi connectivity index (χ4v) is 3.24. The van der Waals surface area contributed by atoms with Crippen molar-refractivity contribution in [2.45, 2.75) is 11.3 Å². The van der Waals surface area contributed by atoms with Crippen LogP contribution in [0, 0.1) is 11.8 Å². The molecule has 21 heavy (non-hydrogen) atoms. The summed E-state index contributed by atoms with van der Waals surface area (Å²) in [5.74, 6) is -2.83. The summed E-state index contributed by atoms with van der Waals surface area (Å²) in [7, 11) is -3.50. The van der Waals surface area contributed by atoms with Crippen molar-refractivity contribution in [3.8, 4) is 0 Å². The summed E-state index contributed by atoms with van der Waals surface area (Å²) in [6.07, 6.45) is 0.311. The predicted molar refractivity (Wildman–Crippen MR) is 75.7 cm³/mol. The molecule has 0 heterocycles. The Morgan fingerprint density at radius 3 is 2.38 bits per heavy atom. The number of halogens is 1. The fraction of sp³-hybridized carbons (Fsp3) is 0.385. The van der Waals surface area contributed by atoms with E-state index in [1.54, 1.807) is 0 Å². The third-order valence-electron chi connectivity index (χ3n) is 3.29. The minimum Gasteiger partial charge on any atom is -0.481 e. The van der Waals surface area contributed by atoms with E-state index in [1.807, 2.05) is 0 Å². The summed E-state index contributed by atoms with van der Waals surface area (Å²) < 4.78 is 24.0. The van der Waals surface area contributed by atoms with Crippen LogP contribution in [-0.2, 0) is 19.4 Å². The van der Waals surface area contributed by atoms with Crippen LogP contribution in [0.3, 0.4) is 0 Å². The zero-order valence-electron chi connectivity index (χ0n) is 11.0. The lowest BCUT2D eigenvalue weighted by Crippen LogP contribution is -2.31. The molecule has 0 radical (unpaired) electrons. The van der Waals surface area contributed by atoms with E-state index in [4.69, 9.17) is 16.7 Å². The number of carbonyl (C=O) groups is 2. The number of aliphatic carboxylic acids is 1. The molecule has 0 saturated heterocycles. The van der Waals surface area contributed by atoms with Gasteiger partial charge < -0.3 is 10.4 Å². The molecule has 1 fully saturated rings. The molecule has 1 aliphatic carbocycles. The molecule has 1 amide bonds. The van der Waals surface area contributed by atoms with Crippen LogP contribution in [-0.4, -0.2) is 37.7 Å². The van der Waals surface area contributed by atoms with Crippen LogP contribution in [0.4, 0.5) is 0 Å². The lowest BCUT2D eigenvalue weighted by Gasteiger charge is -2.06. The maximum Gasteiger partial charge on any atom is 0.307 e. The van der Waals surface area contributed by atoms with Gasteiger partial charge in [-0.05, 0) is 30.7 Å². The second-order valence-electron chi connectivity index (χ2n) is 4.85. The van der Waals surface area contributed by atoms with Crippen molar-refractivity contribution in [1.29, 1.82) is 0 Å². The average molecular weight is 332 g/mol. The lowest BCUT2D eigenvalue weighted by molar-refractivity contribution is -0.140. The predicted octanol–water partition coefficient (Wildman–Crippen LogP) is 0.951. The number of benzene rings is 1. The van der Waals surface area contributed by atoms with Gasteiger partial charge in [0, 0.05) is 11.6 Å². The molecular formula is C13H14ClNO5S. The van der Waals surface area contributed by atoms with Crippen molar-refractivity contribution in [3.05, 3.63) is 29.3 Å². The first kappa shape index (κ1) is 15.8. The first-order chi connectivity index (χ1) is 9.81. The SMILES string of the molecule is O=C(O)[C@@H]1C[C@H]1C(=O)NCCS(=O)(=O)c1ccc(Cl)cc1. The number of nitrogens with one attached hydrogen (secondary N) is 1. The van der Waals surface area contributed by atoms with Crippen LogP contribution in [0.15, 0.2) is 29.2 Å². The lowest BCUT2D eigenvalue weighted by atomic mass is 10.3. The normalized spacial score (nSPS) is 20.8. The van der Waals surface area contributed by atoms with E-state index in [9.17, 15) is 18.0 Å². The van der Waals surface area contributed by atoms with Crippen molar-refractivity contribution < 1.29 is 23.1 Å². The highest BCUT2D eigenvalue weighted by atomic mass is 35.5. The zero-order valence-corrected chi connectivity index (χ0v) is 12.5. The van der Waals surface area contributed by atoms with Gasteiger partial charge in [0.15, 0.2) is 9.84 Å². The molecule has 2 N–H and O–H groups in total. The smallest absolute Gasteiger partial charge is 0.307 e. The zero-order chi connectivity index (χ0) is 15.6. The molecule has 0 bridgehead atoms. The number of hydrogen-bond donors (Lipinski definition) is 2. The Morgan fingerprint density at radius 1 is 1.24 bits per heavy atom. The minimum absolute atomic E-state index is 0.0490. The fourth-order valence-electron chi connectivity index (χ4n) is 1.96. The molecule has 0 unspecified atom stereocenters. The van der Waals surface area contributed by atoms with Gasteiger partial charge >= 0.3 is 5.97 Å². The summed E-state index contributed by atoms with van der Waals surface area (Å²) in [4.78, 5) is 22.4. The van der Waals surface area contributed by atoms with Gasteiger partial charge in [-0.1, -0.05) is 11.6 Å². The van der Waals surface area contributed by atoms with E-state index in [2.05, 4.69) is 5.32 Å². The summed E-state index contributed by atoms with van der Waals surface area (Å²) >= 11 is 5.69. The second-order valence-corrected chi connectivity index (χ2v) is 7.40. The Balaban J connectivity index is 1.84. The monoisotopic (exact) mass is 331 g/mol. The largest absolute Gasteiger partial charge is 0.481 e. The molecule has 8 heteroatoms. The maximum atomic E-state index is 12.0. The molecule has 1 aromatic rings. The van der Waals surface area contributed by atoms with E-state index in [0.717, 1.165) is 0 Å². The van der Waals surface area contributed by atoms with E-state index in [-0.39, 0.29) is 17.2 Å². The Hall–Kier alpha value is -1.60.